The van der Waals surface area contributed by atoms with Crippen LogP contribution in [0.15, 0.2) is 0 Å². The zero-order valence-corrected chi connectivity index (χ0v) is 11.3. The number of carbonyl (C=O) groups is 2. The molecule has 1 fully saturated rings. The van der Waals surface area contributed by atoms with Crippen molar-refractivity contribution in [3.8, 4) is 0 Å². The third-order valence-electron chi connectivity index (χ3n) is 3.70. The van der Waals surface area contributed by atoms with Crippen LogP contribution in [0.4, 0.5) is 0 Å². The van der Waals surface area contributed by atoms with Crippen molar-refractivity contribution >= 4 is 11.9 Å². The molecule has 0 aromatic heterocycles. The van der Waals surface area contributed by atoms with Crippen LogP contribution in [0.2, 0.25) is 0 Å². The molecule has 17 heavy (non-hydrogen) atoms. The van der Waals surface area contributed by atoms with Crippen LogP contribution in [0.25, 0.3) is 0 Å². The maximum atomic E-state index is 12.1. The Morgan fingerprint density at radius 2 is 2.12 bits per heavy atom. The average Bonchev–Trinajstić information content (AvgIpc) is 2.61. The first-order valence-electron chi connectivity index (χ1n) is 6.17. The average molecular weight is 242 g/mol. The Hall–Kier alpha value is -1.06. The summed E-state index contributed by atoms with van der Waals surface area (Å²) in [6, 6.07) is 0. The quantitative estimate of drug-likeness (QED) is 0.710. The van der Waals surface area contributed by atoms with Gasteiger partial charge in [-0.05, 0) is 20.3 Å². The Morgan fingerprint density at radius 3 is 2.47 bits per heavy atom. The second-order valence-corrected chi connectivity index (χ2v) is 5.56. The van der Waals surface area contributed by atoms with Crippen molar-refractivity contribution in [3.63, 3.8) is 0 Å². The molecule has 0 radical (unpaired) electrons. The van der Waals surface area contributed by atoms with Crippen molar-refractivity contribution in [3.05, 3.63) is 0 Å². The molecule has 0 aromatic rings. The highest BCUT2D eigenvalue weighted by Gasteiger charge is 2.52. The van der Waals surface area contributed by atoms with Gasteiger partial charge in [0.2, 0.25) is 5.60 Å². The molecular formula is C13H22O4. The second-order valence-electron chi connectivity index (χ2n) is 5.56. The SMILES string of the molecule is CCC(C)(C)C(=O)OC1(C(C)C)CCOC1=O. The van der Waals surface area contributed by atoms with Crippen molar-refractivity contribution in [1.29, 1.82) is 0 Å². The molecule has 0 spiro atoms. The molecule has 1 heterocycles. The van der Waals surface area contributed by atoms with Gasteiger partial charge in [-0.1, -0.05) is 20.8 Å². The van der Waals surface area contributed by atoms with E-state index in [1.165, 1.54) is 0 Å². The number of hydrogen-bond donors (Lipinski definition) is 0. The molecule has 0 bridgehead atoms. The van der Waals surface area contributed by atoms with Crippen LogP contribution in [0, 0.1) is 11.3 Å². The standard InChI is InChI=1S/C13H22O4/c1-6-12(4,5)10(14)17-13(9(2)3)7-8-16-11(13)15/h9H,6-8H2,1-5H3. The lowest BCUT2D eigenvalue weighted by Gasteiger charge is -2.32. The van der Waals surface area contributed by atoms with Crippen LogP contribution in [-0.2, 0) is 19.1 Å². The summed E-state index contributed by atoms with van der Waals surface area (Å²) in [6.07, 6.45) is 1.13. The molecule has 1 saturated heterocycles. The third kappa shape index (κ3) is 2.45. The third-order valence-corrected chi connectivity index (χ3v) is 3.70. The highest BCUT2D eigenvalue weighted by atomic mass is 16.6. The Bertz CT molecular complexity index is 319. The van der Waals surface area contributed by atoms with Crippen LogP contribution in [0.5, 0.6) is 0 Å². The highest BCUT2D eigenvalue weighted by molar-refractivity contribution is 5.86. The lowest BCUT2D eigenvalue weighted by atomic mass is 9.86. The first-order chi connectivity index (χ1) is 7.76. The molecule has 0 N–H and O–H groups in total. The fourth-order valence-electron chi connectivity index (χ4n) is 1.70. The van der Waals surface area contributed by atoms with Gasteiger partial charge in [0.05, 0.1) is 12.0 Å². The predicted molar refractivity (Wildman–Crippen MR) is 63.3 cm³/mol. The van der Waals surface area contributed by atoms with E-state index in [1.807, 2.05) is 34.6 Å². The molecule has 0 aliphatic carbocycles. The minimum absolute atomic E-state index is 0.0749. The van der Waals surface area contributed by atoms with Gasteiger partial charge in [0.25, 0.3) is 0 Å². The smallest absolute Gasteiger partial charge is 0.351 e. The molecule has 1 atom stereocenters. The van der Waals surface area contributed by atoms with Gasteiger partial charge in [-0.25, -0.2) is 4.79 Å². The number of esters is 2. The minimum Gasteiger partial charge on any atom is -0.463 e. The molecule has 1 rings (SSSR count). The Morgan fingerprint density at radius 1 is 1.53 bits per heavy atom. The maximum absolute atomic E-state index is 12.1. The summed E-state index contributed by atoms with van der Waals surface area (Å²) in [4.78, 5) is 23.9. The number of rotatable bonds is 4. The van der Waals surface area contributed by atoms with Crippen molar-refractivity contribution in [2.45, 2.75) is 53.1 Å². The normalized spacial score (nSPS) is 24.9. The summed E-state index contributed by atoms with van der Waals surface area (Å²) in [5.74, 6) is -0.811. The minimum atomic E-state index is -1.08. The number of hydrogen-bond acceptors (Lipinski definition) is 4. The van der Waals surface area contributed by atoms with Gasteiger partial charge < -0.3 is 9.47 Å². The Kier molecular flexibility index (Phi) is 3.84. The number of carbonyl (C=O) groups excluding carboxylic acids is 2. The van der Waals surface area contributed by atoms with Gasteiger partial charge in [0.15, 0.2) is 0 Å². The van der Waals surface area contributed by atoms with Crippen LogP contribution in [-0.4, -0.2) is 24.1 Å². The van der Waals surface area contributed by atoms with E-state index in [-0.39, 0.29) is 11.9 Å². The van der Waals surface area contributed by atoms with Gasteiger partial charge in [-0.2, -0.15) is 0 Å². The molecule has 1 unspecified atom stereocenters. The highest BCUT2D eigenvalue weighted by Crippen LogP contribution is 2.35. The summed E-state index contributed by atoms with van der Waals surface area (Å²) >= 11 is 0. The van der Waals surface area contributed by atoms with Gasteiger partial charge in [0, 0.05) is 12.3 Å². The van der Waals surface area contributed by atoms with Crippen molar-refractivity contribution in [2.75, 3.05) is 6.61 Å². The van der Waals surface area contributed by atoms with E-state index in [1.54, 1.807) is 0 Å². The van der Waals surface area contributed by atoms with Gasteiger partial charge in [-0.15, -0.1) is 0 Å². The van der Waals surface area contributed by atoms with Gasteiger partial charge in [-0.3, -0.25) is 4.79 Å². The van der Waals surface area contributed by atoms with Gasteiger partial charge in [0.1, 0.15) is 0 Å². The van der Waals surface area contributed by atoms with E-state index in [0.717, 1.165) is 0 Å². The molecule has 0 saturated carbocycles. The number of cyclic esters (lactones) is 1. The van der Waals surface area contributed by atoms with E-state index in [0.29, 0.717) is 19.4 Å². The molecule has 0 amide bonds. The lowest BCUT2D eigenvalue weighted by molar-refractivity contribution is -0.184. The fraction of sp³-hybridized carbons (Fsp3) is 0.846. The van der Waals surface area contributed by atoms with E-state index >= 15 is 0 Å². The van der Waals surface area contributed by atoms with Crippen LogP contribution in [0.1, 0.15) is 47.5 Å². The maximum Gasteiger partial charge on any atom is 0.351 e. The number of ether oxygens (including phenoxy) is 2. The summed E-state index contributed by atoms with van der Waals surface area (Å²) in [6.45, 7) is 9.65. The van der Waals surface area contributed by atoms with Crippen LogP contribution < -0.4 is 0 Å². The topological polar surface area (TPSA) is 52.6 Å². The molecule has 1 aliphatic heterocycles. The van der Waals surface area contributed by atoms with Crippen molar-refractivity contribution in [1.82, 2.24) is 0 Å². The van der Waals surface area contributed by atoms with Gasteiger partial charge >= 0.3 is 11.9 Å². The van der Waals surface area contributed by atoms with E-state index in [2.05, 4.69) is 0 Å². The zero-order chi connectivity index (χ0) is 13.3. The Labute approximate surface area is 103 Å². The van der Waals surface area contributed by atoms with Crippen molar-refractivity contribution < 1.29 is 19.1 Å². The van der Waals surface area contributed by atoms with Crippen LogP contribution >= 0.6 is 0 Å². The molecule has 1 aliphatic rings. The summed E-state index contributed by atoms with van der Waals surface area (Å²) in [7, 11) is 0. The zero-order valence-electron chi connectivity index (χ0n) is 11.3. The summed E-state index contributed by atoms with van der Waals surface area (Å²) < 4.78 is 10.5. The summed E-state index contributed by atoms with van der Waals surface area (Å²) in [5.41, 5.74) is -1.64. The van der Waals surface area contributed by atoms with E-state index < -0.39 is 17.0 Å². The molecular weight excluding hydrogens is 220 g/mol. The van der Waals surface area contributed by atoms with E-state index in [9.17, 15) is 9.59 Å². The first-order valence-corrected chi connectivity index (χ1v) is 6.17. The monoisotopic (exact) mass is 242 g/mol. The predicted octanol–water partition coefficient (Wildman–Crippen LogP) is 2.31. The summed E-state index contributed by atoms with van der Waals surface area (Å²) in [5, 5.41) is 0. The Balaban J connectivity index is 2.90. The lowest BCUT2D eigenvalue weighted by Crippen LogP contribution is -2.47. The second kappa shape index (κ2) is 4.67. The largest absolute Gasteiger partial charge is 0.463 e. The first kappa shape index (κ1) is 14.0. The molecule has 98 valence electrons. The molecule has 0 aromatic carbocycles. The van der Waals surface area contributed by atoms with Crippen molar-refractivity contribution in [2.24, 2.45) is 11.3 Å². The fourth-order valence-corrected chi connectivity index (χ4v) is 1.70. The van der Waals surface area contributed by atoms with E-state index in [4.69, 9.17) is 9.47 Å². The van der Waals surface area contributed by atoms with Crippen LogP contribution in [0.3, 0.4) is 0 Å². The molecule has 4 nitrogen and oxygen atoms in total. The molecule has 4 heteroatoms.